The third-order valence-corrected chi connectivity index (χ3v) is 5.04. The van der Waals surface area contributed by atoms with Crippen molar-refractivity contribution in [2.75, 3.05) is 26.7 Å². The molecule has 0 saturated carbocycles. The summed E-state index contributed by atoms with van der Waals surface area (Å²) in [7, 11) is 4.03. The lowest BCUT2D eigenvalue weighted by molar-refractivity contribution is -0.128. The van der Waals surface area contributed by atoms with Gasteiger partial charge in [0.25, 0.3) is 0 Å². The quantitative estimate of drug-likeness (QED) is 0.894. The predicted molar refractivity (Wildman–Crippen MR) is 92.6 cm³/mol. The van der Waals surface area contributed by atoms with Gasteiger partial charge in [0, 0.05) is 20.0 Å². The van der Waals surface area contributed by atoms with Crippen molar-refractivity contribution in [3.8, 4) is 0 Å². The minimum absolute atomic E-state index is 0.129. The lowest BCUT2D eigenvalue weighted by Gasteiger charge is -2.39. The molecule has 2 heterocycles. The number of likely N-dealkylation sites (tertiary alicyclic amines) is 1. The number of amides is 1. The number of carbonyl (C=O) groups is 1. The fourth-order valence-corrected chi connectivity index (χ4v) is 3.39. The predicted octanol–water partition coefficient (Wildman–Crippen LogP) is 1.14. The SMILES string of the molecule is CN1CCC(C(=O)NCCc2nncn2C)(c2ccccc2)CC1. The van der Waals surface area contributed by atoms with Crippen LogP contribution < -0.4 is 5.32 Å². The Kier molecular flexibility index (Phi) is 4.94. The van der Waals surface area contributed by atoms with Gasteiger partial charge in [-0.1, -0.05) is 30.3 Å². The van der Waals surface area contributed by atoms with Crippen molar-refractivity contribution in [1.29, 1.82) is 0 Å². The zero-order chi connectivity index (χ0) is 17.0. The zero-order valence-electron chi connectivity index (χ0n) is 14.4. The number of rotatable bonds is 5. The summed E-state index contributed by atoms with van der Waals surface area (Å²) in [5.41, 5.74) is 0.697. The molecule has 1 N–H and O–H groups in total. The van der Waals surface area contributed by atoms with Crippen LogP contribution in [0.2, 0.25) is 0 Å². The number of hydrogen-bond donors (Lipinski definition) is 1. The van der Waals surface area contributed by atoms with Crippen LogP contribution in [0.3, 0.4) is 0 Å². The van der Waals surface area contributed by atoms with Crippen LogP contribution in [0.25, 0.3) is 0 Å². The Balaban J connectivity index is 1.71. The van der Waals surface area contributed by atoms with Gasteiger partial charge < -0.3 is 14.8 Å². The molecule has 6 nitrogen and oxygen atoms in total. The highest BCUT2D eigenvalue weighted by molar-refractivity contribution is 5.88. The van der Waals surface area contributed by atoms with Crippen LogP contribution in [0.1, 0.15) is 24.2 Å². The van der Waals surface area contributed by atoms with Gasteiger partial charge in [0.1, 0.15) is 12.2 Å². The topological polar surface area (TPSA) is 63.1 Å². The second kappa shape index (κ2) is 7.13. The van der Waals surface area contributed by atoms with Gasteiger partial charge in [0.15, 0.2) is 0 Å². The highest BCUT2D eigenvalue weighted by atomic mass is 16.2. The number of nitrogens with one attached hydrogen (secondary N) is 1. The molecule has 1 aromatic heterocycles. The molecule has 6 heteroatoms. The molecule has 1 saturated heterocycles. The summed E-state index contributed by atoms with van der Waals surface area (Å²) in [6.45, 7) is 2.45. The van der Waals surface area contributed by atoms with Crippen LogP contribution in [0.4, 0.5) is 0 Å². The van der Waals surface area contributed by atoms with Gasteiger partial charge in [0.05, 0.1) is 5.41 Å². The van der Waals surface area contributed by atoms with Crippen molar-refractivity contribution in [2.45, 2.75) is 24.7 Å². The largest absolute Gasteiger partial charge is 0.355 e. The van der Waals surface area contributed by atoms with Crippen LogP contribution in [-0.4, -0.2) is 52.3 Å². The minimum Gasteiger partial charge on any atom is -0.355 e. The normalized spacial score (nSPS) is 17.6. The van der Waals surface area contributed by atoms with Crippen LogP contribution in [0.15, 0.2) is 36.7 Å². The van der Waals surface area contributed by atoms with E-state index in [1.54, 1.807) is 6.33 Å². The zero-order valence-corrected chi connectivity index (χ0v) is 14.4. The van der Waals surface area contributed by atoms with Gasteiger partial charge in [-0.15, -0.1) is 10.2 Å². The average molecular weight is 327 g/mol. The molecular formula is C18H25N5O. The second-order valence-corrected chi connectivity index (χ2v) is 6.62. The van der Waals surface area contributed by atoms with Gasteiger partial charge in [-0.3, -0.25) is 4.79 Å². The third kappa shape index (κ3) is 3.33. The molecule has 0 atom stereocenters. The Bertz CT molecular complexity index is 674. The minimum atomic E-state index is -0.423. The Morgan fingerprint density at radius 2 is 1.92 bits per heavy atom. The fraction of sp³-hybridized carbons (Fsp3) is 0.500. The first-order chi connectivity index (χ1) is 11.6. The van der Waals surface area contributed by atoms with Crippen molar-refractivity contribution in [3.63, 3.8) is 0 Å². The molecule has 1 fully saturated rings. The summed E-state index contributed by atoms with van der Waals surface area (Å²) in [4.78, 5) is 15.4. The van der Waals surface area contributed by atoms with E-state index in [2.05, 4.69) is 39.6 Å². The molecule has 24 heavy (non-hydrogen) atoms. The highest BCUT2D eigenvalue weighted by Gasteiger charge is 2.41. The Labute approximate surface area is 142 Å². The van der Waals surface area contributed by atoms with Crippen molar-refractivity contribution < 1.29 is 4.79 Å². The first-order valence-corrected chi connectivity index (χ1v) is 8.47. The van der Waals surface area contributed by atoms with Gasteiger partial charge in [-0.25, -0.2) is 0 Å². The summed E-state index contributed by atoms with van der Waals surface area (Å²) >= 11 is 0. The summed E-state index contributed by atoms with van der Waals surface area (Å²) < 4.78 is 1.88. The van der Waals surface area contributed by atoms with Crippen LogP contribution in [0.5, 0.6) is 0 Å². The average Bonchev–Trinajstić information content (AvgIpc) is 3.01. The summed E-state index contributed by atoms with van der Waals surface area (Å²) in [5.74, 6) is 1.01. The van der Waals surface area contributed by atoms with E-state index < -0.39 is 5.41 Å². The maximum Gasteiger partial charge on any atom is 0.230 e. The van der Waals surface area contributed by atoms with Gasteiger partial charge in [-0.2, -0.15) is 0 Å². The maximum absolute atomic E-state index is 13.1. The first-order valence-electron chi connectivity index (χ1n) is 8.47. The summed E-state index contributed by atoms with van der Waals surface area (Å²) in [6.07, 6.45) is 4.07. The Morgan fingerprint density at radius 3 is 2.54 bits per heavy atom. The molecule has 2 aromatic rings. The molecule has 1 amide bonds. The molecule has 1 aromatic carbocycles. The molecule has 0 aliphatic carbocycles. The van der Waals surface area contributed by atoms with E-state index in [0.29, 0.717) is 13.0 Å². The molecule has 1 aliphatic rings. The molecule has 0 unspecified atom stereocenters. The van der Waals surface area contributed by atoms with Gasteiger partial charge in [0.2, 0.25) is 5.91 Å². The fourth-order valence-electron chi connectivity index (χ4n) is 3.39. The highest BCUT2D eigenvalue weighted by Crippen LogP contribution is 2.35. The smallest absolute Gasteiger partial charge is 0.230 e. The van der Waals surface area contributed by atoms with E-state index >= 15 is 0 Å². The molecule has 128 valence electrons. The Morgan fingerprint density at radius 1 is 1.21 bits per heavy atom. The molecular weight excluding hydrogens is 302 g/mol. The van der Waals surface area contributed by atoms with Crippen molar-refractivity contribution in [3.05, 3.63) is 48.0 Å². The number of aryl methyl sites for hydroxylation is 1. The van der Waals surface area contributed by atoms with E-state index in [1.807, 2.05) is 29.8 Å². The molecule has 0 radical (unpaired) electrons. The van der Waals surface area contributed by atoms with Crippen LogP contribution in [-0.2, 0) is 23.7 Å². The lowest BCUT2D eigenvalue weighted by atomic mass is 9.72. The number of carbonyl (C=O) groups excluding carboxylic acids is 1. The third-order valence-electron chi connectivity index (χ3n) is 5.04. The van der Waals surface area contributed by atoms with E-state index in [1.165, 1.54) is 0 Å². The lowest BCUT2D eigenvalue weighted by Crippen LogP contribution is -2.51. The summed E-state index contributed by atoms with van der Waals surface area (Å²) in [5, 5.41) is 11.1. The van der Waals surface area contributed by atoms with Gasteiger partial charge in [-0.05, 0) is 38.5 Å². The number of nitrogens with zero attached hydrogens (tertiary/aromatic N) is 4. The van der Waals surface area contributed by atoms with Crippen molar-refractivity contribution in [2.24, 2.45) is 7.05 Å². The van der Waals surface area contributed by atoms with Crippen molar-refractivity contribution >= 4 is 5.91 Å². The number of hydrogen-bond acceptors (Lipinski definition) is 4. The van der Waals surface area contributed by atoms with E-state index in [9.17, 15) is 4.79 Å². The Hall–Kier alpha value is -2.21. The number of piperidine rings is 1. The van der Waals surface area contributed by atoms with Crippen molar-refractivity contribution in [1.82, 2.24) is 25.0 Å². The molecule has 1 aliphatic heterocycles. The first kappa shape index (κ1) is 16.6. The standard InChI is InChI=1S/C18H25N5O/c1-22-12-9-18(10-13-22,15-6-4-3-5-7-15)17(24)19-11-8-16-21-20-14-23(16)2/h3-7,14H,8-13H2,1-2H3,(H,19,24). The van der Waals surface area contributed by atoms with Crippen LogP contribution in [0, 0.1) is 0 Å². The van der Waals surface area contributed by atoms with E-state index in [-0.39, 0.29) is 5.91 Å². The molecule has 0 spiro atoms. The maximum atomic E-state index is 13.1. The second-order valence-electron chi connectivity index (χ2n) is 6.62. The number of benzene rings is 1. The van der Waals surface area contributed by atoms with Crippen LogP contribution >= 0.6 is 0 Å². The van der Waals surface area contributed by atoms with E-state index in [0.717, 1.165) is 37.3 Å². The summed E-state index contributed by atoms with van der Waals surface area (Å²) in [6, 6.07) is 10.2. The van der Waals surface area contributed by atoms with E-state index in [4.69, 9.17) is 0 Å². The van der Waals surface area contributed by atoms with Gasteiger partial charge >= 0.3 is 0 Å². The molecule has 3 rings (SSSR count). The monoisotopic (exact) mass is 327 g/mol. The molecule has 0 bridgehead atoms. The number of aromatic nitrogens is 3.